The molecule has 0 saturated carbocycles. The van der Waals surface area contributed by atoms with E-state index in [0.29, 0.717) is 12.6 Å². The molecule has 10 heteroatoms. The Hall–Kier alpha value is -1.59. The van der Waals surface area contributed by atoms with Gasteiger partial charge in [-0.15, -0.1) is 24.0 Å². The molecule has 0 bridgehead atoms. The summed E-state index contributed by atoms with van der Waals surface area (Å²) in [5.74, 6) is -1.05. The number of alkyl halides is 3. The number of carbonyl (C=O) groups is 1. The summed E-state index contributed by atoms with van der Waals surface area (Å²) in [6.45, 7) is 7.34. The number of aliphatic imine (C=N–C) groups is 1. The first-order valence-electron chi connectivity index (χ1n) is 8.11. The fraction of sp³-hybridized carbons (Fsp3) is 0.529. The van der Waals surface area contributed by atoms with Crippen LogP contribution in [0.15, 0.2) is 23.2 Å². The third-order valence-corrected chi connectivity index (χ3v) is 3.06. The molecule has 0 aliphatic heterocycles. The van der Waals surface area contributed by atoms with Crippen LogP contribution in [-0.4, -0.2) is 30.5 Å². The van der Waals surface area contributed by atoms with Crippen LogP contribution in [0.2, 0.25) is 0 Å². The maximum Gasteiger partial charge on any atom is 0.416 e. The lowest BCUT2D eigenvalue weighted by atomic mass is 10.1. The number of hydrogen-bond donors (Lipinski definition) is 3. The van der Waals surface area contributed by atoms with Crippen molar-refractivity contribution < 1.29 is 22.4 Å². The zero-order valence-electron chi connectivity index (χ0n) is 15.6. The number of carbonyl (C=O) groups excluding carboxylic acids is 1. The summed E-state index contributed by atoms with van der Waals surface area (Å²) < 4.78 is 52.2. The molecule has 0 radical (unpaired) electrons. The monoisotopic (exact) mass is 504 g/mol. The highest BCUT2D eigenvalue weighted by atomic mass is 127. The van der Waals surface area contributed by atoms with Gasteiger partial charge < -0.3 is 16.0 Å². The fourth-order valence-electron chi connectivity index (χ4n) is 2.08. The summed E-state index contributed by atoms with van der Waals surface area (Å²) in [7, 11) is 0. The van der Waals surface area contributed by atoms with Gasteiger partial charge in [0, 0.05) is 12.1 Å². The van der Waals surface area contributed by atoms with Gasteiger partial charge in [0.15, 0.2) is 5.96 Å². The standard InChI is InChI=1S/C17H24F4N4O.HI/c1-5-22-15(24-10-14(26)25-16(2,3)4)23-9-11-6-7-12(18)8-13(11)17(19,20)21;/h6-8H,5,9-10H2,1-4H3,(H,25,26)(H2,22,23,24);1H. The molecular formula is C17H25F4IN4O. The Labute approximate surface area is 173 Å². The molecule has 27 heavy (non-hydrogen) atoms. The Bertz CT molecular complexity index is 657. The summed E-state index contributed by atoms with van der Waals surface area (Å²) in [5.41, 5.74) is -1.62. The minimum Gasteiger partial charge on any atom is -0.357 e. The van der Waals surface area contributed by atoms with Gasteiger partial charge in [0.1, 0.15) is 5.82 Å². The van der Waals surface area contributed by atoms with Crippen LogP contribution < -0.4 is 16.0 Å². The van der Waals surface area contributed by atoms with Crippen LogP contribution in [-0.2, 0) is 17.5 Å². The van der Waals surface area contributed by atoms with E-state index in [2.05, 4.69) is 20.9 Å². The summed E-state index contributed by atoms with van der Waals surface area (Å²) in [4.78, 5) is 15.9. The van der Waals surface area contributed by atoms with Gasteiger partial charge in [-0.3, -0.25) is 4.79 Å². The number of nitrogens with zero attached hydrogens (tertiary/aromatic N) is 1. The Morgan fingerprint density at radius 2 is 1.78 bits per heavy atom. The Balaban J connectivity index is 0.00000676. The Kier molecular flexibility index (Phi) is 10.0. The van der Waals surface area contributed by atoms with Crippen LogP contribution >= 0.6 is 24.0 Å². The molecule has 0 spiro atoms. The molecule has 154 valence electrons. The minimum atomic E-state index is -4.68. The predicted molar refractivity (Wildman–Crippen MR) is 108 cm³/mol. The van der Waals surface area contributed by atoms with Gasteiger partial charge >= 0.3 is 6.18 Å². The van der Waals surface area contributed by atoms with Crippen molar-refractivity contribution in [2.24, 2.45) is 4.99 Å². The number of rotatable bonds is 5. The van der Waals surface area contributed by atoms with Gasteiger partial charge in [-0.25, -0.2) is 9.38 Å². The van der Waals surface area contributed by atoms with Crippen LogP contribution in [0.25, 0.3) is 0 Å². The van der Waals surface area contributed by atoms with Gasteiger partial charge in [-0.1, -0.05) is 6.07 Å². The van der Waals surface area contributed by atoms with Crippen molar-refractivity contribution in [2.45, 2.75) is 46.0 Å². The highest BCUT2D eigenvalue weighted by Crippen LogP contribution is 2.32. The molecule has 1 amide bonds. The lowest BCUT2D eigenvalue weighted by Crippen LogP contribution is -2.48. The van der Waals surface area contributed by atoms with Crippen molar-refractivity contribution in [3.63, 3.8) is 0 Å². The molecule has 1 rings (SSSR count). The topological polar surface area (TPSA) is 65.5 Å². The Morgan fingerprint density at radius 1 is 1.15 bits per heavy atom. The summed E-state index contributed by atoms with van der Waals surface area (Å²) >= 11 is 0. The smallest absolute Gasteiger partial charge is 0.357 e. The molecule has 0 aliphatic carbocycles. The molecule has 0 unspecified atom stereocenters. The van der Waals surface area contributed by atoms with Gasteiger partial charge in [0.2, 0.25) is 5.91 Å². The van der Waals surface area contributed by atoms with Gasteiger partial charge in [-0.05, 0) is 45.4 Å². The fourth-order valence-corrected chi connectivity index (χ4v) is 2.08. The second-order valence-electron chi connectivity index (χ2n) is 6.65. The lowest BCUT2D eigenvalue weighted by molar-refractivity contribution is -0.138. The molecule has 0 fully saturated rings. The largest absolute Gasteiger partial charge is 0.416 e. The quantitative estimate of drug-likeness (QED) is 0.249. The van der Waals surface area contributed by atoms with Crippen molar-refractivity contribution in [1.82, 2.24) is 16.0 Å². The van der Waals surface area contributed by atoms with Crippen LogP contribution in [0.1, 0.15) is 38.8 Å². The average molecular weight is 504 g/mol. The molecule has 0 heterocycles. The van der Waals surface area contributed by atoms with Crippen LogP contribution in [0.5, 0.6) is 0 Å². The molecule has 0 saturated heterocycles. The number of hydrogen-bond acceptors (Lipinski definition) is 2. The zero-order chi connectivity index (χ0) is 20.0. The number of guanidine groups is 1. The molecule has 5 nitrogen and oxygen atoms in total. The first-order valence-corrected chi connectivity index (χ1v) is 8.11. The van der Waals surface area contributed by atoms with Crippen molar-refractivity contribution in [3.8, 4) is 0 Å². The van der Waals surface area contributed by atoms with Crippen molar-refractivity contribution >= 4 is 35.8 Å². The molecular weight excluding hydrogens is 479 g/mol. The highest BCUT2D eigenvalue weighted by molar-refractivity contribution is 14.0. The molecule has 0 atom stereocenters. The number of nitrogens with one attached hydrogen (secondary N) is 3. The summed E-state index contributed by atoms with van der Waals surface area (Å²) in [5, 5.41) is 8.35. The summed E-state index contributed by atoms with van der Waals surface area (Å²) in [6.07, 6.45) is -4.68. The van der Waals surface area contributed by atoms with Gasteiger partial charge in [-0.2, -0.15) is 13.2 Å². The molecule has 1 aromatic rings. The summed E-state index contributed by atoms with van der Waals surface area (Å²) in [6, 6.07) is 2.46. The first-order chi connectivity index (χ1) is 11.9. The van der Waals surface area contributed by atoms with E-state index >= 15 is 0 Å². The van der Waals surface area contributed by atoms with Gasteiger partial charge in [0.05, 0.1) is 18.7 Å². The molecule has 1 aromatic carbocycles. The van der Waals surface area contributed by atoms with Crippen LogP contribution in [0.3, 0.4) is 0 Å². The Morgan fingerprint density at radius 3 is 2.30 bits per heavy atom. The van der Waals surface area contributed by atoms with E-state index in [4.69, 9.17) is 0 Å². The van der Waals surface area contributed by atoms with Crippen LogP contribution in [0.4, 0.5) is 17.6 Å². The first kappa shape index (κ1) is 25.4. The second kappa shape index (κ2) is 10.7. The maximum atomic E-state index is 13.1. The van der Waals surface area contributed by atoms with Crippen molar-refractivity contribution in [3.05, 3.63) is 35.1 Å². The number of amides is 1. The third kappa shape index (κ3) is 9.78. The lowest BCUT2D eigenvalue weighted by Gasteiger charge is -2.21. The van der Waals surface area contributed by atoms with E-state index in [1.165, 1.54) is 0 Å². The van der Waals surface area contributed by atoms with Crippen molar-refractivity contribution in [2.75, 3.05) is 13.1 Å². The number of halogens is 5. The van der Waals surface area contributed by atoms with E-state index in [9.17, 15) is 22.4 Å². The van der Waals surface area contributed by atoms with Crippen LogP contribution in [0, 0.1) is 5.82 Å². The SMILES string of the molecule is CCNC(=NCc1ccc(F)cc1C(F)(F)F)NCC(=O)NC(C)(C)C.I. The molecule has 3 N–H and O–H groups in total. The normalized spacial score (nSPS) is 12.2. The second-order valence-corrected chi connectivity index (χ2v) is 6.65. The van der Waals surface area contributed by atoms with Gasteiger partial charge in [0.25, 0.3) is 0 Å². The molecule has 0 aliphatic rings. The zero-order valence-corrected chi connectivity index (χ0v) is 18.0. The highest BCUT2D eigenvalue weighted by Gasteiger charge is 2.33. The predicted octanol–water partition coefficient (Wildman–Crippen LogP) is 3.43. The van der Waals surface area contributed by atoms with E-state index < -0.39 is 23.1 Å². The van der Waals surface area contributed by atoms with E-state index in [-0.39, 0.29) is 54.5 Å². The number of benzene rings is 1. The minimum absolute atomic E-state index is 0. The van der Waals surface area contributed by atoms with Crippen molar-refractivity contribution in [1.29, 1.82) is 0 Å². The van der Waals surface area contributed by atoms with E-state index in [1.807, 2.05) is 20.8 Å². The molecule has 0 aromatic heterocycles. The van der Waals surface area contributed by atoms with E-state index in [1.54, 1.807) is 6.92 Å². The maximum absolute atomic E-state index is 13.1. The average Bonchev–Trinajstić information content (AvgIpc) is 2.48. The third-order valence-electron chi connectivity index (χ3n) is 3.06. The van der Waals surface area contributed by atoms with E-state index in [0.717, 1.165) is 12.1 Å².